The number of carbonyl (C=O) groups is 2. The molecule has 2 aromatic carbocycles. The summed E-state index contributed by atoms with van der Waals surface area (Å²) in [5.41, 5.74) is 1.13. The van der Waals surface area contributed by atoms with Gasteiger partial charge < -0.3 is 5.32 Å². The van der Waals surface area contributed by atoms with Gasteiger partial charge in [0.25, 0.3) is 5.91 Å². The van der Waals surface area contributed by atoms with Crippen LogP contribution in [0.4, 0.5) is 19.6 Å². The molecule has 0 aliphatic carbocycles. The van der Waals surface area contributed by atoms with Crippen molar-refractivity contribution in [2.45, 2.75) is 6.42 Å². The molecule has 26 heavy (non-hydrogen) atoms. The van der Waals surface area contributed by atoms with Crippen molar-refractivity contribution in [1.29, 1.82) is 0 Å². The number of carbonyl (C=O) groups excluding carboxylic acids is 2. The van der Waals surface area contributed by atoms with Crippen molar-refractivity contribution in [3.8, 4) is 0 Å². The normalized spacial score (nSPS) is 10.4. The zero-order chi connectivity index (χ0) is 18.5. The highest BCUT2D eigenvalue weighted by Crippen LogP contribution is 2.18. The van der Waals surface area contributed by atoms with Crippen LogP contribution in [0.25, 0.3) is 0 Å². The highest BCUT2D eigenvalue weighted by atomic mass is 32.1. The molecule has 132 valence electrons. The molecule has 5 nitrogen and oxygen atoms in total. The summed E-state index contributed by atoms with van der Waals surface area (Å²) in [5, 5.41) is 7.14. The van der Waals surface area contributed by atoms with Gasteiger partial charge in [0.15, 0.2) is 5.13 Å². The van der Waals surface area contributed by atoms with Crippen LogP contribution in [0.5, 0.6) is 0 Å². The van der Waals surface area contributed by atoms with Gasteiger partial charge in [0, 0.05) is 16.6 Å². The minimum atomic E-state index is -0.442. The molecule has 8 heteroatoms. The lowest BCUT2D eigenvalue weighted by Gasteiger charge is -2.04. The topological polar surface area (TPSA) is 71.1 Å². The highest BCUT2D eigenvalue weighted by Gasteiger charge is 2.12. The van der Waals surface area contributed by atoms with E-state index in [4.69, 9.17) is 0 Å². The van der Waals surface area contributed by atoms with Crippen LogP contribution in [-0.2, 0) is 11.2 Å². The lowest BCUT2D eigenvalue weighted by Crippen LogP contribution is -2.15. The molecule has 0 fully saturated rings. The maximum absolute atomic E-state index is 13.1. The smallest absolute Gasteiger partial charge is 0.257 e. The SMILES string of the molecule is O=C(Cc1csc(NC(=O)c2ccc(F)cc2)n1)Nc1cccc(F)c1. The Balaban J connectivity index is 1.58. The highest BCUT2D eigenvalue weighted by molar-refractivity contribution is 7.14. The fourth-order valence-electron chi connectivity index (χ4n) is 2.15. The summed E-state index contributed by atoms with van der Waals surface area (Å²) < 4.78 is 26.0. The second-order valence-electron chi connectivity index (χ2n) is 5.34. The van der Waals surface area contributed by atoms with Crippen LogP contribution in [0.1, 0.15) is 16.1 Å². The standard InChI is InChI=1S/C18H13F2N3O2S/c19-12-6-4-11(5-7-12)17(25)23-18-22-15(10-26-18)9-16(24)21-14-3-1-2-13(20)8-14/h1-8,10H,9H2,(H,21,24)(H,22,23,25). The Morgan fingerprint density at radius 1 is 1.00 bits per heavy atom. The maximum atomic E-state index is 13.1. The number of benzene rings is 2. The molecular formula is C18H13F2N3O2S. The molecular weight excluding hydrogens is 360 g/mol. The van der Waals surface area contributed by atoms with Crippen molar-refractivity contribution in [2.24, 2.45) is 0 Å². The number of rotatable bonds is 5. The molecule has 0 bridgehead atoms. The number of anilines is 2. The molecule has 3 aromatic rings. The lowest BCUT2D eigenvalue weighted by atomic mass is 10.2. The van der Waals surface area contributed by atoms with E-state index in [2.05, 4.69) is 15.6 Å². The maximum Gasteiger partial charge on any atom is 0.257 e. The number of nitrogens with zero attached hydrogens (tertiary/aromatic N) is 1. The number of hydrogen-bond acceptors (Lipinski definition) is 4. The lowest BCUT2D eigenvalue weighted by molar-refractivity contribution is -0.115. The molecule has 2 amide bonds. The quantitative estimate of drug-likeness (QED) is 0.714. The Morgan fingerprint density at radius 2 is 1.77 bits per heavy atom. The van der Waals surface area contributed by atoms with Crippen molar-refractivity contribution >= 4 is 34.0 Å². The monoisotopic (exact) mass is 373 g/mol. The molecule has 1 heterocycles. The third kappa shape index (κ3) is 4.70. The summed E-state index contributed by atoms with van der Waals surface area (Å²) in [7, 11) is 0. The van der Waals surface area contributed by atoms with Gasteiger partial charge in [-0.2, -0.15) is 0 Å². The first-order valence-electron chi connectivity index (χ1n) is 7.56. The fourth-order valence-corrected chi connectivity index (χ4v) is 2.86. The van der Waals surface area contributed by atoms with Crippen molar-refractivity contribution in [3.63, 3.8) is 0 Å². The molecule has 2 N–H and O–H groups in total. The van der Waals surface area contributed by atoms with Gasteiger partial charge in [0.1, 0.15) is 11.6 Å². The first-order chi connectivity index (χ1) is 12.5. The molecule has 0 aliphatic rings. The fraction of sp³-hybridized carbons (Fsp3) is 0.0556. The minimum absolute atomic E-state index is 0.0145. The Bertz CT molecular complexity index is 942. The number of halogens is 2. The van der Waals surface area contributed by atoms with Gasteiger partial charge in [-0.25, -0.2) is 13.8 Å². The van der Waals surface area contributed by atoms with E-state index in [1.165, 1.54) is 53.8 Å². The van der Waals surface area contributed by atoms with Crippen molar-refractivity contribution in [1.82, 2.24) is 4.98 Å². The Hall–Kier alpha value is -3.13. The van der Waals surface area contributed by atoms with E-state index in [0.29, 0.717) is 22.1 Å². The largest absolute Gasteiger partial charge is 0.326 e. The average Bonchev–Trinajstić information content (AvgIpc) is 3.02. The van der Waals surface area contributed by atoms with Gasteiger partial charge in [-0.15, -0.1) is 11.3 Å². The van der Waals surface area contributed by atoms with Crippen LogP contribution in [0.3, 0.4) is 0 Å². The summed E-state index contributed by atoms with van der Waals surface area (Å²) in [4.78, 5) is 28.2. The third-order valence-corrected chi connectivity index (χ3v) is 4.14. The second kappa shape index (κ2) is 7.83. The Kier molecular flexibility index (Phi) is 5.33. The van der Waals surface area contributed by atoms with Crippen molar-refractivity contribution in [2.75, 3.05) is 10.6 Å². The van der Waals surface area contributed by atoms with Gasteiger partial charge in [-0.1, -0.05) is 6.07 Å². The van der Waals surface area contributed by atoms with Crippen LogP contribution in [0, 0.1) is 11.6 Å². The molecule has 0 unspecified atom stereocenters. The zero-order valence-electron chi connectivity index (χ0n) is 13.3. The zero-order valence-corrected chi connectivity index (χ0v) is 14.1. The number of nitrogens with one attached hydrogen (secondary N) is 2. The summed E-state index contributed by atoms with van der Waals surface area (Å²) in [6.07, 6.45) is -0.0145. The van der Waals surface area contributed by atoms with Crippen molar-refractivity contribution < 1.29 is 18.4 Å². The predicted molar refractivity (Wildman–Crippen MR) is 95.2 cm³/mol. The average molecular weight is 373 g/mol. The van der Waals surface area contributed by atoms with E-state index in [1.54, 1.807) is 11.4 Å². The molecule has 0 aliphatic heterocycles. The van der Waals surface area contributed by atoms with Gasteiger partial charge in [-0.05, 0) is 42.5 Å². The molecule has 1 aromatic heterocycles. The van der Waals surface area contributed by atoms with E-state index in [-0.39, 0.29) is 12.3 Å². The Labute approximate surface area is 151 Å². The third-order valence-electron chi connectivity index (χ3n) is 3.33. The van der Waals surface area contributed by atoms with Crippen LogP contribution in [0.15, 0.2) is 53.9 Å². The van der Waals surface area contributed by atoms with Gasteiger partial charge >= 0.3 is 0 Å². The number of thiazole rings is 1. The summed E-state index contributed by atoms with van der Waals surface area (Å²) in [6.45, 7) is 0. The van der Waals surface area contributed by atoms with E-state index in [0.717, 1.165) is 0 Å². The van der Waals surface area contributed by atoms with E-state index in [9.17, 15) is 18.4 Å². The first-order valence-corrected chi connectivity index (χ1v) is 8.44. The molecule has 0 spiro atoms. The van der Waals surface area contributed by atoms with E-state index >= 15 is 0 Å². The number of amides is 2. The van der Waals surface area contributed by atoms with Gasteiger partial charge in [0.2, 0.25) is 5.91 Å². The van der Waals surface area contributed by atoms with Crippen LogP contribution in [-0.4, -0.2) is 16.8 Å². The van der Waals surface area contributed by atoms with Crippen LogP contribution in [0.2, 0.25) is 0 Å². The molecule has 0 atom stereocenters. The molecule has 0 saturated heterocycles. The Morgan fingerprint density at radius 3 is 2.50 bits per heavy atom. The van der Waals surface area contributed by atoms with E-state index < -0.39 is 17.5 Å². The summed E-state index contributed by atoms with van der Waals surface area (Å²) >= 11 is 1.17. The van der Waals surface area contributed by atoms with E-state index in [1.807, 2.05) is 0 Å². The van der Waals surface area contributed by atoms with Gasteiger partial charge in [-0.3, -0.25) is 14.9 Å². The molecule has 0 saturated carbocycles. The first kappa shape index (κ1) is 17.7. The number of hydrogen-bond donors (Lipinski definition) is 2. The molecule has 0 radical (unpaired) electrons. The second-order valence-corrected chi connectivity index (χ2v) is 6.20. The van der Waals surface area contributed by atoms with Crippen LogP contribution >= 0.6 is 11.3 Å². The van der Waals surface area contributed by atoms with Gasteiger partial charge in [0.05, 0.1) is 12.1 Å². The minimum Gasteiger partial charge on any atom is -0.326 e. The predicted octanol–water partition coefficient (Wildman–Crippen LogP) is 3.85. The summed E-state index contributed by atoms with van der Waals surface area (Å²) in [5.74, 6) is -1.64. The van der Waals surface area contributed by atoms with Crippen molar-refractivity contribution in [3.05, 3.63) is 76.8 Å². The van der Waals surface area contributed by atoms with Crippen LogP contribution < -0.4 is 10.6 Å². The molecule has 3 rings (SSSR count). The summed E-state index contributed by atoms with van der Waals surface area (Å²) in [6, 6.07) is 10.7. The number of aromatic nitrogens is 1.